The van der Waals surface area contributed by atoms with E-state index in [-0.39, 0.29) is 4.90 Å². The minimum Gasteiger partial charge on any atom is -0.360 e. The number of aromatic nitrogens is 1. The Morgan fingerprint density at radius 3 is 2.58 bits per heavy atom. The standard InChI is InChI=1S/C16H20FN3O3S/c1-13-11-15(23-18-13)12-19-7-2-8-20(10-9-19)24(21,22)16-5-3-14(17)4-6-16/h3-6,11H,2,7-10,12H2,1H3. The van der Waals surface area contributed by atoms with Crippen LogP contribution in [-0.4, -0.2) is 49.0 Å². The maximum absolute atomic E-state index is 13.0. The highest BCUT2D eigenvalue weighted by Gasteiger charge is 2.27. The lowest BCUT2D eigenvalue weighted by Gasteiger charge is -2.21. The zero-order chi connectivity index (χ0) is 17.2. The smallest absolute Gasteiger partial charge is 0.243 e. The number of rotatable bonds is 4. The fraction of sp³-hybridized carbons (Fsp3) is 0.438. The lowest BCUT2D eigenvalue weighted by atomic mass is 10.3. The average molecular weight is 353 g/mol. The summed E-state index contributed by atoms with van der Waals surface area (Å²) < 4.78 is 45.1. The van der Waals surface area contributed by atoms with Crippen LogP contribution < -0.4 is 0 Å². The summed E-state index contributed by atoms with van der Waals surface area (Å²) >= 11 is 0. The van der Waals surface area contributed by atoms with E-state index in [1.165, 1.54) is 28.6 Å². The van der Waals surface area contributed by atoms with E-state index in [1.807, 2.05) is 13.0 Å². The molecule has 6 nitrogen and oxygen atoms in total. The zero-order valence-corrected chi connectivity index (χ0v) is 14.3. The van der Waals surface area contributed by atoms with Crippen LogP contribution in [0.15, 0.2) is 39.8 Å². The van der Waals surface area contributed by atoms with Gasteiger partial charge in [-0.1, -0.05) is 5.16 Å². The molecule has 0 N–H and O–H groups in total. The Morgan fingerprint density at radius 1 is 1.17 bits per heavy atom. The molecule has 130 valence electrons. The summed E-state index contributed by atoms with van der Waals surface area (Å²) in [4.78, 5) is 2.28. The molecule has 1 fully saturated rings. The van der Waals surface area contributed by atoms with E-state index in [1.54, 1.807) is 0 Å². The van der Waals surface area contributed by atoms with Gasteiger partial charge in [-0.2, -0.15) is 4.31 Å². The molecule has 0 spiro atoms. The van der Waals surface area contributed by atoms with Gasteiger partial charge in [-0.15, -0.1) is 0 Å². The monoisotopic (exact) mass is 353 g/mol. The first-order valence-electron chi connectivity index (χ1n) is 7.85. The van der Waals surface area contributed by atoms with Gasteiger partial charge in [0.1, 0.15) is 5.82 Å². The third-order valence-electron chi connectivity index (χ3n) is 4.06. The van der Waals surface area contributed by atoms with E-state index in [4.69, 9.17) is 4.52 Å². The normalized spacial score (nSPS) is 17.8. The van der Waals surface area contributed by atoms with Crippen molar-refractivity contribution in [1.82, 2.24) is 14.4 Å². The van der Waals surface area contributed by atoms with Crippen molar-refractivity contribution in [2.75, 3.05) is 26.2 Å². The van der Waals surface area contributed by atoms with Crippen molar-refractivity contribution in [3.05, 3.63) is 47.6 Å². The molecule has 1 aromatic carbocycles. The Bertz CT molecular complexity index is 789. The third-order valence-corrected chi connectivity index (χ3v) is 5.97. The van der Waals surface area contributed by atoms with Gasteiger partial charge in [0.25, 0.3) is 0 Å². The van der Waals surface area contributed by atoms with Crippen molar-refractivity contribution in [2.24, 2.45) is 0 Å². The molecule has 2 heterocycles. The Labute approximate surface area is 140 Å². The average Bonchev–Trinajstić information content (AvgIpc) is 2.81. The molecule has 1 aliphatic heterocycles. The fourth-order valence-electron chi connectivity index (χ4n) is 2.81. The van der Waals surface area contributed by atoms with Gasteiger partial charge in [-0.3, -0.25) is 4.90 Å². The SMILES string of the molecule is Cc1cc(CN2CCCN(S(=O)(=O)c3ccc(F)cc3)CC2)on1. The van der Waals surface area contributed by atoms with Crippen LogP contribution in [0.4, 0.5) is 4.39 Å². The van der Waals surface area contributed by atoms with Gasteiger partial charge in [-0.25, -0.2) is 12.8 Å². The van der Waals surface area contributed by atoms with Gasteiger partial charge < -0.3 is 4.52 Å². The van der Waals surface area contributed by atoms with E-state index < -0.39 is 15.8 Å². The maximum Gasteiger partial charge on any atom is 0.243 e. The minimum absolute atomic E-state index is 0.128. The van der Waals surface area contributed by atoms with Gasteiger partial charge in [0.15, 0.2) is 5.76 Å². The molecule has 24 heavy (non-hydrogen) atoms. The van der Waals surface area contributed by atoms with Crippen molar-refractivity contribution in [1.29, 1.82) is 0 Å². The van der Waals surface area contributed by atoms with Crippen molar-refractivity contribution in [2.45, 2.75) is 24.8 Å². The number of halogens is 1. The third kappa shape index (κ3) is 3.82. The second-order valence-electron chi connectivity index (χ2n) is 5.92. The molecule has 0 unspecified atom stereocenters. The lowest BCUT2D eigenvalue weighted by molar-refractivity contribution is 0.240. The largest absolute Gasteiger partial charge is 0.360 e. The molecule has 8 heteroatoms. The molecule has 0 radical (unpaired) electrons. The molecular weight excluding hydrogens is 333 g/mol. The van der Waals surface area contributed by atoms with E-state index in [0.717, 1.165) is 24.4 Å². The van der Waals surface area contributed by atoms with Gasteiger partial charge in [-0.05, 0) is 44.2 Å². The predicted octanol–water partition coefficient (Wildman–Crippen LogP) is 2.02. The van der Waals surface area contributed by atoms with Crippen molar-refractivity contribution in [3.63, 3.8) is 0 Å². The summed E-state index contributed by atoms with van der Waals surface area (Å²) in [6.07, 6.45) is 0.730. The van der Waals surface area contributed by atoms with Crippen LogP contribution in [0.2, 0.25) is 0 Å². The minimum atomic E-state index is -3.59. The molecule has 2 aromatic rings. The van der Waals surface area contributed by atoms with Gasteiger partial charge >= 0.3 is 0 Å². The van der Waals surface area contributed by atoms with Gasteiger partial charge in [0, 0.05) is 25.7 Å². The topological polar surface area (TPSA) is 66.7 Å². The van der Waals surface area contributed by atoms with Crippen LogP contribution in [0, 0.1) is 12.7 Å². The number of sulfonamides is 1. The Morgan fingerprint density at radius 2 is 1.92 bits per heavy atom. The molecule has 1 aromatic heterocycles. The summed E-state index contributed by atoms with van der Waals surface area (Å²) in [7, 11) is -3.59. The molecule has 0 bridgehead atoms. The predicted molar refractivity (Wildman–Crippen MR) is 86.3 cm³/mol. The Balaban J connectivity index is 1.67. The summed E-state index contributed by atoms with van der Waals surface area (Å²) in [6.45, 7) is 4.73. The van der Waals surface area contributed by atoms with Gasteiger partial charge in [0.05, 0.1) is 17.1 Å². The van der Waals surface area contributed by atoms with Crippen LogP contribution in [0.5, 0.6) is 0 Å². The zero-order valence-electron chi connectivity index (χ0n) is 13.5. The van der Waals surface area contributed by atoms with E-state index in [2.05, 4.69) is 10.1 Å². The lowest BCUT2D eigenvalue weighted by Crippen LogP contribution is -2.35. The molecule has 1 aliphatic rings. The summed E-state index contributed by atoms with van der Waals surface area (Å²) in [6, 6.07) is 6.85. The molecule has 0 atom stereocenters. The molecule has 1 saturated heterocycles. The second-order valence-corrected chi connectivity index (χ2v) is 7.86. The van der Waals surface area contributed by atoms with E-state index in [9.17, 15) is 12.8 Å². The highest BCUT2D eigenvalue weighted by Crippen LogP contribution is 2.19. The number of nitrogens with zero attached hydrogens (tertiary/aromatic N) is 3. The van der Waals surface area contributed by atoms with Crippen molar-refractivity contribution >= 4 is 10.0 Å². The molecule has 0 saturated carbocycles. The molecule has 0 amide bonds. The van der Waals surface area contributed by atoms with E-state index in [0.29, 0.717) is 26.2 Å². The first-order chi connectivity index (χ1) is 11.4. The highest BCUT2D eigenvalue weighted by atomic mass is 32.2. The van der Waals surface area contributed by atoms with Crippen LogP contribution in [0.25, 0.3) is 0 Å². The first-order valence-corrected chi connectivity index (χ1v) is 9.29. The second kappa shape index (κ2) is 7.00. The highest BCUT2D eigenvalue weighted by molar-refractivity contribution is 7.89. The molecule has 0 aliphatic carbocycles. The van der Waals surface area contributed by atoms with Crippen LogP contribution in [-0.2, 0) is 16.6 Å². The summed E-state index contributed by atoms with van der Waals surface area (Å²) in [5, 5.41) is 3.87. The Kier molecular flexibility index (Phi) is 4.98. The molecular formula is C16H20FN3O3S. The van der Waals surface area contributed by atoms with E-state index >= 15 is 0 Å². The number of hydrogen-bond donors (Lipinski definition) is 0. The van der Waals surface area contributed by atoms with Crippen molar-refractivity contribution < 1.29 is 17.3 Å². The number of benzene rings is 1. The van der Waals surface area contributed by atoms with Crippen LogP contribution >= 0.6 is 0 Å². The van der Waals surface area contributed by atoms with Crippen LogP contribution in [0.3, 0.4) is 0 Å². The molecule has 3 rings (SSSR count). The number of aryl methyl sites for hydroxylation is 1. The fourth-order valence-corrected chi connectivity index (χ4v) is 4.28. The number of hydrogen-bond acceptors (Lipinski definition) is 5. The quantitative estimate of drug-likeness (QED) is 0.841. The van der Waals surface area contributed by atoms with Crippen LogP contribution in [0.1, 0.15) is 17.9 Å². The first kappa shape index (κ1) is 17.1. The summed E-state index contributed by atoms with van der Waals surface area (Å²) in [5.74, 6) is 0.334. The maximum atomic E-state index is 13.0. The Hall–Kier alpha value is -1.77. The van der Waals surface area contributed by atoms with Gasteiger partial charge in [0.2, 0.25) is 10.0 Å². The van der Waals surface area contributed by atoms with Crippen molar-refractivity contribution in [3.8, 4) is 0 Å². The summed E-state index contributed by atoms with van der Waals surface area (Å²) in [5.41, 5.74) is 0.834.